The molecule has 0 bridgehead atoms. The van der Waals surface area contributed by atoms with Crippen molar-refractivity contribution in [3.05, 3.63) is 29.8 Å². The average molecular weight is 267 g/mol. The minimum Gasteiger partial charge on any atom is -0.497 e. The van der Waals surface area contributed by atoms with Gasteiger partial charge in [-0.3, -0.25) is 9.68 Å². The number of ether oxygens (including phenoxy) is 1. The lowest BCUT2D eigenvalue weighted by Crippen LogP contribution is -2.35. The standard InChI is InChI=1S/C15H25NO3/c1-5-10-19-16(18-6-2)13(3)11-14-8-7-9-15(12-14)17-4/h7-9,12-13H,5-6,10-11H2,1-4H3. The van der Waals surface area contributed by atoms with E-state index in [4.69, 9.17) is 14.4 Å². The third-order valence-electron chi connectivity index (χ3n) is 2.70. The van der Waals surface area contributed by atoms with Gasteiger partial charge in [0.1, 0.15) is 5.75 Å². The van der Waals surface area contributed by atoms with Crippen LogP contribution in [0.25, 0.3) is 0 Å². The van der Waals surface area contributed by atoms with Crippen LogP contribution in [0.4, 0.5) is 0 Å². The van der Waals surface area contributed by atoms with Crippen LogP contribution in [0.1, 0.15) is 32.8 Å². The van der Waals surface area contributed by atoms with E-state index in [1.165, 1.54) is 5.56 Å². The first kappa shape index (κ1) is 16.0. The van der Waals surface area contributed by atoms with Crippen LogP contribution in [0.15, 0.2) is 24.3 Å². The third kappa shape index (κ3) is 5.59. The monoisotopic (exact) mass is 267 g/mol. The Kier molecular flexibility index (Phi) is 7.48. The Morgan fingerprint density at radius 2 is 2.00 bits per heavy atom. The zero-order valence-electron chi connectivity index (χ0n) is 12.4. The number of benzene rings is 1. The van der Waals surface area contributed by atoms with Crippen molar-refractivity contribution in [3.8, 4) is 5.75 Å². The van der Waals surface area contributed by atoms with Crippen molar-refractivity contribution in [2.45, 2.75) is 39.7 Å². The molecule has 4 nitrogen and oxygen atoms in total. The predicted octanol–water partition coefficient (Wildman–Crippen LogP) is 3.22. The summed E-state index contributed by atoms with van der Waals surface area (Å²) in [6.07, 6.45) is 1.82. The van der Waals surface area contributed by atoms with Gasteiger partial charge >= 0.3 is 0 Å². The van der Waals surface area contributed by atoms with Gasteiger partial charge in [0, 0.05) is 0 Å². The van der Waals surface area contributed by atoms with Crippen molar-refractivity contribution in [2.24, 2.45) is 0 Å². The van der Waals surface area contributed by atoms with Crippen LogP contribution >= 0.6 is 0 Å². The Balaban J connectivity index is 2.60. The first-order valence-electron chi connectivity index (χ1n) is 6.89. The molecule has 108 valence electrons. The van der Waals surface area contributed by atoms with Crippen molar-refractivity contribution in [3.63, 3.8) is 0 Å². The molecule has 0 radical (unpaired) electrons. The Labute approximate surface area is 116 Å². The maximum Gasteiger partial charge on any atom is 0.119 e. The highest BCUT2D eigenvalue weighted by molar-refractivity contribution is 5.28. The van der Waals surface area contributed by atoms with E-state index in [-0.39, 0.29) is 6.04 Å². The minimum absolute atomic E-state index is 0.151. The molecule has 0 spiro atoms. The zero-order chi connectivity index (χ0) is 14.1. The lowest BCUT2D eigenvalue weighted by molar-refractivity contribution is -0.384. The SMILES string of the molecule is CCCON(OCC)C(C)Cc1cccc(OC)c1. The second-order valence-corrected chi connectivity index (χ2v) is 4.44. The minimum atomic E-state index is 0.151. The molecule has 1 aromatic rings. The van der Waals surface area contributed by atoms with E-state index in [9.17, 15) is 0 Å². The van der Waals surface area contributed by atoms with Crippen LogP contribution < -0.4 is 4.74 Å². The number of rotatable bonds is 9. The molecule has 0 aromatic heterocycles. The summed E-state index contributed by atoms with van der Waals surface area (Å²) in [7, 11) is 1.68. The van der Waals surface area contributed by atoms with E-state index in [0.29, 0.717) is 13.2 Å². The molecule has 0 N–H and O–H groups in total. The van der Waals surface area contributed by atoms with Crippen molar-refractivity contribution < 1.29 is 14.4 Å². The van der Waals surface area contributed by atoms with Crippen LogP contribution in [-0.4, -0.2) is 31.6 Å². The molecule has 0 saturated heterocycles. The number of nitrogens with zero attached hydrogens (tertiary/aromatic N) is 1. The molecular weight excluding hydrogens is 242 g/mol. The lowest BCUT2D eigenvalue weighted by Gasteiger charge is -2.26. The van der Waals surface area contributed by atoms with Crippen molar-refractivity contribution in [2.75, 3.05) is 20.3 Å². The summed E-state index contributed by atoms with van der Waals surface area (Å²) in [4.78, 5) is 11.1. The molecule has 1 rings (SSSR count). The molecular formula is C15H25NO3. The smallest absolute Gasteiger partial charge is 0.119 e. The van der Waals surface area contributed by atoms with Crippen LogP contribution in [0.5, 0.6) is 5.75 Å². The average Bonchev–Trinajstić information content (AvgIpc) is 2.43. The number of hydrogen-bond donors (Lipinski definition) is 0. The topological polar surface area (TPSA) is 30.9 Å². The maximum atomic E-state index is 5.60. The van der Waals surface area contributed by atoms with Crippen molar-refractivity contribution in [1.82, 2.24) is 5.23 Å². The van der Waals surface area contributed by atoms with Gasteiger partial charge in [0.2, 0.25) is 0 Å². The van der Waals surface area contributed by atoms with Gasteiger partial charge < -0.3 is 4.74 Å². The Bertz CT molecular complexity index is 357. The van der Waals surface area contributed by atoms with Gasteiger partial charge in [-0.15, -0.1) is 0 Å². The van der Waals surface area contributed by atoms with Gasteiger partial charge in [-0.25, -0.2) is 0 Å². The lowest BCUT2D eigenvalue weighted by atomic mass is 10.1. The summed E-state index contributed by atoms with van der Waals surface area (Å²) in [6, 6.07) is 8.23. The Morgan fingerprint density at radius 3 is 2.63 bits per heavy atom. The summed E-state index contributed by atoms with van der Waals surface area (Å²) >= 11 is 0. The molecule has 1 atom stereocenters. The van der Waals surface area contributed by atoms with Gasteiger partial charge in [-0.05, 0) is 44.4 Å². The number of hydrogen-bond acceptors (Lipinski definition) is 4. The summed E-state index contributed by atoms with van der Waals surface area (Å²) in [5.41, 5.74) is 1.21. The number of methoxy groups -OCH3 is 1. The first-order valence-corrected chi connectivity index (χ1v) is 6.89. The molecule has 1 aromatic carbocycles. The largest absolute Gasteiger partial charge is 0.497 e. The van der Waals surface area contributed by atoms with E-state index in [2.05, 4.69) is 19.9 Å². The molecule has 0 saturated carbocycles. The highest BCUT2D eigenvalue weighted by Gasteiger charge is 2.16. The van der Waals surface area contributed by atoms with Gasteiger partial charge in [-0.1, -0.05) is 24.3 Å². The Morgan fingerprint density at radius 1 is 1.21 bits per heavy atom. The fourth-order valence-electron chi connectivity index (χ4n) is 1.82. The maximum absolute atomic E-state index is 5.60. The van der Waals surface area contributed by atoms with E-state index >= 15 is 0 Å². The van der Waals surface area contributed by atoms with E-state index in [1.54, 1.807) is 12.3 Å². The molecule has 0 aliphatic rings. The van der Waals surface area contributed by atoms with Crippen molar-refractivity contribution in [1.29, 1.82) is 0 Å². The second kappa shape index (κ2) is 8.91. The Hall–Kier alpha value is -1.10. The van der Waals surface area contributed by atoms with Gasteiger partial charge in [0.15, 0.2) is 0 Å². The van der Waals surface area contributed by atoms with Crippen LogP contribution in [0.3, 0.4) is 0 Å². The zero-order valence-corrected chi connectivity index (χ0v) is 12.4. The highest BCUT2D eigenvalue weighted by Crippen LogP contribution is 2.16. The van der Waals surface area contributed by atoms with Gasteiger partial charge in [0.05, 0.1) is 26.4 Å². The molecule has 0 aliphatic carbocycles. The summed E-state index contributed by atoms with van der Waals surface area (Å²) < 4.78 is 5.23. The third-order valence-corrected chi connectivity index (χ3v) is 2.70. The molecule has 0 aliphatic heterocycles. The summed E-state index contributed by atoms with van der Waals surface area (Å²) in [5.74, 6) is 0.877. The fourth-order valence-corrected chi connectivity index (χ4v) is 1.82. The number of hydroxylamine groups is 2. The van der Waals surface area contributed by atoms with Gasteiger partial charge in [-0.2, -0.15) is 0 Å². The summed E-state index contributed by atoms with van der Waals surface area (Å²) in [5, 5.41) is 1.61. The molecule has 4 heteroatoms. The van der Waals surface area contributed by atoms with Crippen LogP contribution in [0.2, 0.25) is 0 Å². The second-order valence-electron chi connectivity index (χ2n) is 4.44. The van der Waals surface area contributed by atoms with Crippen LogP contribution in [-0.2, 0) is 16.1 Å². The molecule has 19 heavy (non-hydrogen) atoms. The van der Waals surface area contributed by atoms with E-state index < -0.39 is 0 Å². The van der Waals surface area contributed by atoms with E-state index in [1.807, 2.05) is 25.1 Å². The molecule has 0 heterocycles. The molecule has 1 unspecified atom stereocenters. The highest BCUT2D eigenvalue weighted by atomic mass is 16.9. The molecule has 0 fully saturated rings. The molecule has 0 amide bonds. The van der Waals surface area contributed by atoms with E-state index in [0.717, 1.165) is 18.6 Å². The van der Waals surface area contributed by atoms with Gasteiger partial charge in [0.25, 0.3) is 0 Å². The summed E-state index contributed by atoms with van der Waals surface area (Å²) in [6.45, 7) is 7.40. The predicted molar refractivity (Wildman–Crippen MR) is 75.9 cm³/mol. The normalized spacial score (nSPS) is 12.7. The van der Waals surface area contributed by atoms with Crippen LogP contribution in [0, 0.1) is 0 Å². The fraction of sp³-hybridized carbons (Fsp3) is 0.600. The first-order chi connectivity index (χ1) is 9.21. The quantitative estimate of drug-likeness (QED) is 0.643. The van der Waals surface area contributed by atoms with Crippen molar-refractivity contribution >= 4 is 0 Å².